The molecule has 98 valence electrons. The van der Waals surface area contributed by atoms with Gasteiger partial charge in [0.25, 0.3) is 9.05 Å². The van der Waals surface area contributed by atoms with Crippen LogP contribution in [0, 0.1) is 6.92 Å². The molecule has 0 aliphatic heterocycles. The van der Waals surface area contributed by atoms with E-state index in [2.05, 4.69) is 0 Å². The van der Waals surface area contributed by atoms with Crippen LogP contribution in [-0.2, 0) is 15.5 Å². The molecule has 2 rings (SSSR count). The van der Waals surface area contributed by atoms with Crippen molar-refractivity contribution in [2.75, 3.05) is 7.11 Å². The van der Waals surface area contributed by atoms with Crippen LogP contribution < -0.4 is 4.74 Å². The molecule has 1 aromatic heterocycles. The quantitative estimate of drug-likeness (QED) is 0.814. The minimum Gasteiger partial charge on any atom is -0.493 e. The first-order chi connectivity index (χ1) is 8.38. The molecular weight excluding hydrogens is 276 g/mol. The lowest BCUT2D eigenvalue weighted by molar-refractivity contribution is 0.400. The zero-order valence-corrected chi connectivity index (χ0v) is 11.9. The summed E-state index contributed by atoms with van der Waals surface area (Å²) < 4.78 is 33.6. The van der Waals surface area contributed by atoms with E-state index in [1.54, 1.807) is 6.07 Å². The van der Waals surface area contributed by atoms with Crippen LogP contribution in [0.2, 0.25) is 0 Å². The standard InChI is InChI=1S/C12H13ClO4S/c1-4-8-9-5-7(2)6-10(16-3)11(9)17-12(8)18(13,14)15/h5-6H,4H2,1-3H3. The van der Waals surface area contributed by atoms with Crippen molar-refractivity contribution >= 4 is 30.7 Å². The molecule has 0 unspecified atom stereocenters. The van der Waals surface area contributed by atoms with Crippen LogP contribution in [0.3, 0.4) is 0 Å². The number of aryl methyl sites for hydroxylation is 2. The van der Waals surface area contributed by atoms with Crippen LogP contribution in [0.1, 0.15) is 18.1 Å². The number of furan rings is 1. The highest BCUT2D eigenvalue weighted by molar-refractivity contribution is 8.13. The molecule has 0 saturated heterocycles. The van der Waals surface area contributed by atoms with Gasteiger partial charge in [0.2, 0.25) is 5.09 Å². The molecule has 0 spiro atoms. The Morgan fingerprint density at radius 1 is 1.39 bits per heavy atom. The molecule has 0 N–H and O–H groups in total. The van der Waals surface area contributed by atoms with Gasteiger partial charge in [0.15, 0.2) is 11.3 Å². The summed E-state index contributed by atoms with van der Waals surface area (Å²) >= 11 is 0. The summed E-state index contributed by atoms with van der Waals surface area (Å²) in [6.07, 6.45) is 0.515. The largest absolute Gasteiger partial charge is 0.493 e. The van der Waals surface area contributed by atoms with Gasteiger partial charge in [0.1, 0.15) is 0 Å². The summed E-state index contributed by atoms with van der Waals surface area (Å²) in [5, 5.41) is 0.541. The molecule has 0 bridgehead atoms. The highest BCUT2D eigenvalue weighted by Gasteiger charge is 2.24. The molecule has 4 nitrogen and oxygen atoms in total. The molecule has 0 atom stereocenters. The van der Waals surface area contributed by atoms with Crippen molar-refractivity contribution in [2.45, 2.75) is 25.4 Å². The maximum Gasteiger partial charge on any atom is 0.294 e. The topological polar surface area (TPSA) is 56.5 Å². The number of hydrogen-bond acceptors (Lipinski definition) is 4. The summed E-state index contributed by atoms with van der Waals surface area (Å²) in [7, 11) is 3.00. The molecule has 0 amide bonds. The Kier molecular flexibility index (Phi) is 3.29. The fourth-order valence-corrected chi connectivity index (χ4v) is 3.12. The van der Waals surface area contributed by atoms with E-state index in [4.69, 9.17) is 19.8 Å². The second-order valence-corrected chi connectivity index (χ2v) is 6.47. The first-order valence-electron chi connectivity index (χ1n) is 5.43. The number of benzene rings is 1. The molecule has 6 heteroatoms. The predicted octanol–water partition coefficient (Wildman–Crippen LogP) is 3.24. The summed E-state index contributed by atoms with van der Waals surface area (Å²) in [5.41, 5.74) is 1.97. The van der Waals surface area contributed by atoms with E-state index in [9.17, 15) is 8.42 Å². The Bertz CT molecular complexity index is 700. The van der Waals surface area contributed by atoms with Crippen LogP contribution in [0.5, 0.6) is 5.75 Å². The average Bonchev–Trinajstić information content (AvgIpc) is 2.65. The monoisotopic (exact) mass is 288 g/mol. The number of hydrogen-bond donors (Lipinski definition) is 0. The van der Waals surface area contributed by atoms with Crippen molar-refractivity contribution in [1.82, 2.24) is 0 Å². The Morgan fingerprint density at radius 3 is 2.56 bits per heavy atom. The number of fused-ring (bicyclic) bond motifs is 1. The Morgan fingerprint density at radius 2 is 2.06 bits per heavy atom. The van der Waals surface area contributed by atoms with Crippen LogP contribution in [0.15, 0.2) is 21.6 Å². The maximum absolute atomic E-state index is 11.5. The van der Waals surface area contributed by atoms with Crippen LogP contribution in [0.4, 0.5) is 0 Å². The SMILES string of the molecule is CCc1c(S(=O)(=O)Cl)oc2c(OC)cc(C)cc12. The van der Waals surface area contributed by atoms with Gasteiger partial charge < -0.3 is 9.15 Å². The Balaban J connectivity index is 2.93. The fourth-order valence-electron chi connectivity index (χ4n) is 2.02. The van der Waals surface area contributed by atoms with E-state index in [-0.39, 0.29) is 5.09 Å². The number of ether oxygens (including phenoxy) is 1. The summed E-state index contributed by atoms with van der Waals surface area (Å²) in [6, 6.07) is 3.65. The average molecular weight is 289 g/mol. The lowest BCUT2D eigenvalue weighted by Crippen LogP contribution is -1.92. The van der Waals surface area contributed by atoms with Crippen molar-refractivity contribution in [2.24, 2.45) is 0 Å². The van der Waals surface area contributed by atoms with Gasteiger partial charge in [0.05, 0.1) is 7.11 Å². The second-order valence-electron chi connectivity index (χ2n) is 4.00. The smallest absolute Gasteiger partial charge is 0.294 e. The van der Waals surface area contributed by atoms with Crippen molar-refractivity contribution in [3.05, 3.63) is 23.3 Å². The molecule has 0 aliphatic carbocycles. The highest BCUT2D eigenvalue weighted by atomic mass is 35.7. The van der Waals surface area contributed by atoms with Gasteiger partial charge in [-0.3, -0.25) is 0 Å². The summed E-state index contributed by atoms with van der Waals surface area (Å²) in [5.74, 6) is 0.506. The maximum atomic E-state index is 11.5. The molecule has 2 aromatic rings. The van der Waals surface area contributed by atoms with E-state index in [0.717, 1.165) is 10.9 Å². The van der Waals surface area contributed by atoms with Crippen LogP contribution in [-0.4, -0.2) is 15.5 Å². The van der Waals surface area contributed by atoms with E-state index < -0.39 is 9.05 Å². The minimum absolute atomic E-state index is 0.189. The third kappa shape index (κ3) is 2.08. The molecular formula is C12H13ClO4S. The van der Waals surface area contributed by atoms with Gasteiger partial charge in [-0.15, -0.1) is 0 Å². The van der Waals surface area contributed by atoms with Gasteiger partial charge in [0, 0.05) is 21.6 Å². The van der Waals surface area contributed by atoms with Crippen LogP contribution in [0.25, 0.3) is 11.0 Å². The second kappa shape index (κ2) is 4.48. The van der Waals surface area contributed by atoms with Crippen molar-refractivity contribution < 1.29 is 17.6 Å². The fraction of sp³-hybridized carbons (Fsp3) is 0.333. The number of halogens is 1. The summed E-state index contributed by atoms with van der Waals surface area (Å²) in [4.78, 5) is 0. The Labute approximate surface area is 110 Å². The van der Waals surface area contributed by atoms with Crippen molar-refractivity contribution in [3.8, 4) is 5.75 Å². The molecule has 0 radical (unpaired) electrons. The third-order valence-corrected chi connectivity index (χ3v) is 3.95. The number of methoxy groups -OCH3 is 1. The van der Waals surface area contributed by atoms with Crippen molar-refractivity contribution in [1.29, 1.82) is 0 Å². The zero-order chi connectivity index (χ0) is 13.5. The molecule has 18 heavy (non-hydrogen) atoms. The van der Waals surface area contributed by atoms with E-state index in [1.807, 2.05) is 19.9 Å². The summed E-state index contributed by atoms with van der Waals surface area (Å²) in [6.45, 7) is 3.76. The molecule has 0 aliphatic rings. The molecule has 0 saturated carbocycles. The minimum atomic E-state index is -3.90. The first kappa shape index (κ1) is 13.2. The third-order valence-electron chi connectivity index (χ3n) is 2.76. The lowest BCUT2D eigenvalue weighted by Gasteiger charge is -2.02. The number of rotatable bonds is 3. The Hall–Kier alpha value is -1.20. The van der Waals surface area contributed by atoms with Crippen molar-refractivity contribution in [3.63, 3.8) is 0 Å². The highest BCUT2D eigenvalue weighted by Crippen LogP contribution is 2.37. The molecule has 1 aromatic carbocycles. The normalized spacial score (nSPS) is 12.0. The van der Waals surface area contributed by atoms with Gasteiger partial charge in [-0.1, -0.05) is 6.92 Å². The van der Waals surface area contributed by atoms with E-state index >= 15 is 0 Å². The van der Waals surface area contributed by atoms with Gasteiger partial charge >= 0.3 is 0 Å². The van der Waals surface area contributed by atoms with Crippen LogP contribution >= 0.6 is 10.7 Å². The van der Waals surface area contributed by atoms with E-state index in [0.29, 0.717) is 23.3 Å². The van der Waals surface area contributed by atoms with Gasteiger partial charge in [-0.2, -0.15) is 0 Å². The van der Waals surface area contributed by atoms with E-state index in [1.165, 1.54) is 7.11 Å². The predicted molar refractivity (Wildman–Crippen MR) is 69.9 cm³/mol. The van der Waals surface area contributed by atoms with Gasteiger partial charge in [-0.25, -0.2) is 8.42 Å². The molecule has 1 heterocycles. The molecule has 0 fully saturated rings. The first-order valence-corrected chi connectivity index (χ1v) is 7.74. The van der Waals surface area contributed by atoms with Gasteiger partial charge in [-0.05, 0) is 31.0 Å². The zero-order valence-electron chi connectivity index (χ0n) is 10.3. The lowest BCUT2D eigenvalue weighted by atomic mass is 10.1.